The molecule has 0 spiro atoms. The van der Waals surface area contributed by atoms with Gasteiger partial charge in [-0.15, -0.1) is 0 Å². The first-order valence-corrected chi connectivity index (χ1v) is 5.89. The van der Waals surface area contributed by atoms with Gasteiger partial charge in [-0.2, -0.15) is 10.5 Å². The molecule has 0 N–H and O–H groups in total. The Morgan fingerprint density at radius 1 is 0.900 bits per heavy atom. The molecule has 0 unspecified atom stereocenters. The molecule has 1 radical (unpaired) electrons. The van der Waals surface area contributed by atoms with Gasteiger partial charge >= 0.3 is 0 Å². The highest BCUT2D eigenvalue weighted by atomic mass is 16.6. The fraction of sp³-hybridized carbons (Fsp3) is 0.0625. The van der Waals surface area contributed by atoms with Crippen molar-refractivity contribution >= 4 is 6.21 Å². The van der Waals surface area contributed by atoms with E-state index in [1.54, 1.807) is 36.4 Å². The maximum absolute atomic E-state index is 8.92. The van der Waals surface area contributed by atoms with Crippen LogP contribution in [0, 0.1) is 22.7 Å². The van der Waals surface area contributed by atoms with Gasteiger partial charge in [-0.3, -0.25) is 0 Å². The van der Waals surface area contributed by atoms with Crippen LogP contribution >= 0.6 is 0 Å². The molecule has 4 heteroatoms. The molecule has 2 aromatic rings. The van der Waals surface area contributed by atoms with Crippen LogP contribution in [-0.4, -0.2) is 6.21 Å². The molecule has 20 heavy (non-hydrogen) atoms. The Morgan fingerprint density at radius 2 is 1.60 bits per heavy atom. The van der Waals surface area contributed by atoms with Gasteiger partial charge in [0.15, 0.2) is 0 Å². The Bertz CT molecular complexity index is 691. The van der Waals surface area contributed by atoms with E-state index in [0.29, 0.717) is 11.1 Å². The lowest BCUT2D eigenvalue weighted by atomic mass is 10.1. The van der Waals surface area contributed by atoms with Gasteiger partial charge in [0.05, 0.1) is 23.3 Å². The summed E-state index contributed by atoms with van der Waals surface area (Å²) in [5.74, 6) is 0. The Hall–Kier alpha value is -3.11. The van der Waals surface area contributed by atoms with E-state index in [2.05, 4.69) is 17.4 Å². The van der Waals surface area contributed by atoms with Crippen LogP contribution in [0.4, 0.5) is 0 Å². The van der Waals surface area contributed by atoms with Crippen LogP contribution in [0.2, 0.25) is 0 Å². The quantitative estimate of drug-likeness (QED) is 0.627. The highest BCUT2D eigenvalue weighted by Crippen LogP contribution is 2.08. The molecule has 0 bridgehead atoms. The molecule has 0 aliphatic heterocycles. The molecule has 0 aliphatic carbocycles. The van der Waals surface area contributed by atoms with Crippen molar-refractivity contribution in [3.8, 4) is 12.1 Å². The summed E-state index contributed by atoms with van der Waals surface area (Å²) in [5, 5.41) is 21.3. The number of hydrogen-bond donors (Lipinski definition) is 0. The maximum Gasteiger partial charge on any atom is 0.143 e. The summed E-state index contributed by atoms with van der Waals surface area (Å²) in [4.78, 5) is 5.12. The summed E-state index contributed by atoms with van der Waals surface area (Å²) in [6.07, 6.45) is 2.71. The van der Waals surface area contributed by atoms with E-state index in [-0.39, 0.29) is 6.61 Å². The van der Waals surface area contributed by atoms with Crippen LogP contribution in [0.3, 0.4) is 0 Å². The molecule has 0 amide bonds. The molecule has 2 aromatic carbocycles. The molecule has 0 aliphatic rings. The minimum atomic E-state index is 0.215. The molecule has 0 saturated carbocycles. The first kappa shape index (κ1) is 13.3. The monoisotopic (exact) mass is 260 g/mol. The second-order valence-electron chi connectivity index (χ2n) is 3.93. The maximum atomic E-state index is 8.92. The van der Waals surface area contributed by atoms with Crippen molar-refractivity contribution in [1.82, 2.24) is 0 Å². The number of benzene rings is 2. The van der Waals surface area contributed by atoms with Crippen molar-refractivity contribution in [1.29, 1.82) is 10.5 Å². The molecule has 4 nitrogen and oxygen atoms in total. The lowest BCUT2D eigenvalue weighted by molar-refractivity contribution is 0.132. The first-order valence-electron chi connectivity index (χ1n) is 5.89. The molecule has 0 heterocycles. The molecule has 0 fully saturated rings. The zero-order valence-corrected chi connectivity index (χ0v) is 10.6. The third-order valence-electron chi connectivity index (χ3n) is 2.61. The molecular weight excluding hydrogens is 250 g/mol. The summed E-state index contributed by atoms with van der Waals surface area (Å²) < 4.78 is 0. The molecular formula is C16H10N3O. The average Bonchev–Trinajstić information content (AvgIpc) is 2.52. The minimum Gasteiger partial charge on any atom is -0.390 e. The van der Waals surface area contributed by atoms with Crippen molar-refractivity contribution in [2.45, 2.75) is 6.61 Å². The first-order chi connectivity index (χ1) is 9.83. The smallest absolute Gasteiger partial charge is 0.143 e. The van der Waals surface area contributed by atoms with E-state index in [9.17, 15) is 0 Å². The van der Waals surface area contributed by atoms with E-state index in [1.807, 2.05) is 18.2 Å². The van der Waals surface area contributed by atoms with Crippen LogP contribution < -0.4 is 0 Å². The summed E-state index contributed by atoms with van der Waals surface area (Å²) in [6, 6.07) is 18.1. The highest BCUT2D eigenvalue weighted by Gasteiger charge is 2.00. The van der Waals surface area contributed by atoms with E-state index in [4.69, 9.17) is 15.4 Å². The van der Waals surface area contributed by atoms with E-state index < -0.39 is 0 Å². The molecule has 0 saturated heterocycles. The van der Waals surface area contributed by atoms with Crippen LogP contribution in [0.25, 0.3) is 0 Å². The zero-order chi connectivity index (χ0) is 14.2. The van der Waals surface area contributed by atoms with Gasteiger partial charge in [0, 0.05) is 11.1 Å². The Balaban J connectivity index is 1.94. The number of nitrogens with zero attached hydrogens (tertiary/aromatic N) is 3. The van der Waals surface area contributed by atoms with Gasteiger partial charge in [0.2, 0.25) is 0 Å². The summed E-state index contributed by atoms with van der Waals surface area (Å²) in [7, 11) is 0. The predicted molar refractivity (Wildman–Crippen MR) is 73.6 cm³/mol. The van der Waals surface area contributed by atoms with Crippen molar-refractivity contribution in [2.75, 3.05) is 0 Å². The zero-order valence-electron chi connectivity index (χ0n) is 10.6. The summed E-state index contributed by atoms with van der Waals surface area (Å²) in [5.41, 5.74) is 2.65. The lowest BCUT2D eigenvalue weighted by Crippen LogP contribution is -1.92. The second kappa shape index (κ2) is 6.72. The van der Waals surface area contributed by atoms with E-state index in [0.717, 1.165) is 11.1 Å². The van der Waals surface area contributed by atoms with Gasteiger partial charge in [-0.05, 0) is 18.2 Å². The Labute approximate surface area is 117 Å². The SMILES string of the molecule is N#Cc1ccc(/[C]=N\OCc2ccccc2C#N)cc1. The van der Waals surface area contributed by atoms with Gasteiger partial charge in [0.25, 0.3) is 0 Å². The normalized spacial score (nSPS) is 9.90. The van der Waals surface area contributed by atoms with Crippen molar-refractivity contribution in [2.24, 2.45) is 5.16 Å². The third kappa shape index (κ3) is 3.44. The molecule has 95 valence electrons. The fourth-order valence-corrected chi connectivity index (χ4v) is 1.56. The van der Waals surface area contributed by atoms with E-state index >= 15 is 0 Å². The Morgan fingerprint density at radius 3 is 2.30 bits per heavy atom. The summed E-state index contributed by atoms with van der Waals surface area (Å²) in [6.45, 7) is 0.215. The number of nitriles is 2. The fourth-order valence-electron chi connectivity index (χ4n) is 1.56. The van der Waals surface area contributed by atoms with Crippen LogP contribution in [-0.2, 0) is 11.4 Å². The number of hydrogen-bond acceptors (Lipinski definition) is 4. The highest BCUT2D eigenvalue weighted by molar-refractivity contribution is 5.79. The predicted octanol–water partition coefficient (Wildman–Crippen LogP) is 2.86. The van der Waals surface area contributed by atoms with Crippen LogP contribution in [0.15, 0.2) is 53.7 Å². The van der Waals surface area contributed by atoms with Crippen molar-refractivity contribution < 1.29 is 4.84 Å². The van der Waals surface area contributed by atoms with Gasteiger partial charge < -0.3 is 4.84 Å². The minimum absolute atomic E-state index is 0.215. The van der Waals surface area contributed by atoms with Crippen LogP contribution in [0.5, 0.6) is 0 Å². The lowest BCUT2D eigenvalue weighted by Gasteiger charge is -2.01. The second-order valence-corrected chi connectivity index (χ2v) is 3.93. The largest absolute Gasteiger partial charge is 0.390 e. The van der Waals surface area contributed by atoms with Crippen molar-refractivity contribution in [3.05, 3.63) is 70.8 Å². The third-order valence-corrected chi connectivity index (χ3v) is 2.61. The molecule has 2 rings (SSSR count). The molecule has 0 atom stereocenters. The van der Waals surface area contributed by atoms with Gasteiger partial charge in [0.1, 0.15) is 12.8 Å². The summed E-state index contributed by atoms with van der Waals surface area (Å²) >= 11 is 0. The van der Waals surface area contributed by atoms with Crippen molar-refractivity contribution in [3.63, 3.8) is 0 Å². The Kier molecular flexibility index (Phi) is 4.48. The number of rotatable bonds is 4. The topological polar surface area (TPSA) is 69.2 Å². The van der Waals surface area contributed by atoms with Gasteiger partial charge in [-0.25, -0.2) is 0 Å². The average molecular weight is 260 g/mol. The van der Waals surface area contributed by atoms with E-state index in [1.165, 1.54) is 0 Å². The standard InChI is InChI=1S/C16H10N3O/c17-9-13-5-7-14(8-6-13)11-19-20-12-16-4-2-1-3-15(16)10-18/h1-8H,12H2. The van der Waals surface area contributed by atoms with Gasteiger partial charge in [-0.1, -0.05) is 35.5 Å². The molecule has 0 aromatic heterocycles. The van der Waals surface area contributed by atoms with Crippen LogP contribution in [0.1, 0.15) is 22.3 Å².